The highest BCUT2D eigenvalue weighted by Crippen LogP contribution is 2.34. The molecule has 4 nitrogen and oxygen atoms in total. The second-order valence-corrected chi connectivity index (χ2v) is 6.48. The second-order valence-electron chi connectivity index (χ2n) is 6.48. The third kappa shape index (κ3) is 4.48. The highest BCUT2D eigenvalue weighted by atomic mass is 16.3. The highest BCUT2D eigenvalue weighted by molar-refractivity contribution is 5.06. The summed E-state index contributed by atoms with van der Waals surface area (Å²) in [7, 11) is 0. The van der Waals surface area contributed by atoms with Crippen molar-refractivity contribution in [2.24, 2.45) is 5.41 Å². The molecule has 118 valence electrons. The van der Waals surface area contributed by atoms with Crippen LogP contribution in [-0.4, -0.2) is 39.7 Å². The van der Waals surface area contributed by atoms with Crippen LogP contribution in [0.4, 0.5) is 0 Å². The summed E-state index contributed by atoms with van der Waals surface area (Å²) in [6.07, 6.45) is 10.6. The predicted molar refractivity (Wildman–Crippen MR) is 85.0 cm³/mol. The van der Waals surface area contributed by atoms with Gasteiger partial charge in [-0.2, -0.15) is 0 Å². The summed E-state index contributed by atoms with van der Waals surface area (Å²) >= 11 is 0. The molecule has 0 aliphatic carbocycles. The number of hydrogen-bond acceptors (Lipinski definition) is 4. The first-order valence-electron chi connectivity index (χ1n) is 8.34. The summed E-state index contributed by atoms with van der Waals surface area (Å²) in [5.41, 5.74) is 1.29. The Hall–Kier alpha value is -1.00. The molecular weight excluding hydrogens is 262 g/mol. The molecule has 21 heavy (non-hydrogen) atoms. The monoisotopic (exact) mass is 291 g/mol. The molecule has 2 heterocycles. The molecule has 1 aliphatic heterocycles. The van der Waals surface area contributed by atoms with Gasteiger partial charge >= 0.3 is 0 Å². The van der Waals surface area contributed by atoms with Gasteiger partial charge in [0.1, 0.15) is 5.82 Å². The lowest BCUT2D eigenvalue weighted by Crippen LogP contribution is -2.44. The third-order valence-electron chi connectivity index (χ3n) is 4.49. The van der Waals surface area contributed by atoms with Gasteiger partial charge in [0.15, 0.2) is 0 Å². The Labute approximate surface area is 128 Å². The Bertz CT molecular complexity index is 417. The number of aliphatic hydroxyl groups is 1. The van der Waals surface area contributed by atoms with Crippen LogP contribution in [0.2, 0.25) is 0 Å². The minimum atomic E-state index is 0.107. The molecule has 0 bridgehead atoms. The number of likely N-dealkylation sites (tertiary alicyclic amines) is 1. The molecular formula is C17H29N3O. The average Bonchev–Trinajstić information content (AvgIpc) is 2.50. The van der Waals surface area contributed by atoms with Gasteiger partial charge in [0.25, 0.3) is 0 Å². The van der Waals surface area contributed by atoms with Crippen molar-refractivity contribution in [3.05, 3.63) is 23.8 Å². The summed E-state index contributed by atoms with van der Waals surface area (Å²) < 4.78 is 0. The molecule has 0 radical (unpaired) electrons. The number of hydrogen-bond donors (Lipinski definition) is 1. The van der Waals surface area contributed by atoms with E-state index in [0.29, 0.717) is 6.61 Å². The summed E-state index contributed by atoms with van der Waals surface area (Å²) in [6, 6.07) is 0. The number of piperidine rings is 1. The lowest BCUT2D eigenvalue weighted by atomic mass is 9.77. The maximum atomic E-state index is 9.80. The van der Waals surface area contributed by atoms with E-state index in [4.69, 9.17) is 0 Å². The van der Waals surface area contributed by atoms with Crippen molar-refractivity contribution in [3.63, 3.8) is 0 Å². The van der Waals surface area contributed by atoms with Gasteiger partial charge in [-0.25, -0.2) is 9.97 Å². The summed E-state index contributed by atoms with van der Waals surface area (Å²) in [4.78, 5) is 11.3. The smallest absolute Gasteiger partial charge is 0.128 e. The molecule has 0 unspecified atom stereocenters. The van der Waals surface area contributed by atoms with E-state index in [9.17, 15) is 5.11 Å². The Morgan fingerprint density at radius 2 is 2.00 bits per heavy atom. The maximum Gasteiger partial charge on any atom is 0.128 e. The topological polar surface area (TPSA) is 49.2 Å². The molecule has 0 spiro atoms. The minimum absolute atomic E-state index is 0.107. The molecule has 1 aromatic heterocycles. The van der Waals surface area contributed by atoms with E-state index in [2.05, 4.69) is 28.7 Å². The van der Waals surface area contributed by atoms with E-state index in [1.807, 2.05) is 12.4 Å². The van der Waals surface area contributed by atoms with Crippen LogP contribution in [0.3, 0.4) is 0 Å². The van der Waals surface area contributed by atoms with E-state index in [0.717, 1.165) is 57.6 Å². The minimum Gasteiger partial charge on any atom is -0.396 e. The number of nitrogens with zero attached hydrogens (tertiary/aromatic N) is 3. The number of aromatic nitrogens is 2. The van der Waals surface area contributed by atoms with Crippen molar-refractivity contribution < 1.29 is 5.11 Å². The molecule has 1 saturated heterocycles. The Morgan fingerprint density at radius 3 is 2.62 bits per heavy atom. The van der Waals surface area contributed by atoms with Crippen molar-refractivity contribution in [1.82, 2.24) is 14.9 Å². The van der Waals surface area contributed by atoms with E-state index in [-0.39, 0.29) is 5.41 Å². The largest absolute Gasteiger partial charge is 0.396 e. The van der Waals surface area contributed by atoms with Crippen LogP contribution in [0.1, 0.15) is 57.3 Å². The number of aryl methyl sites for hydroxylation is 1. The van der Waals surface area contributed by atoms with E-state index in [1.54, 1.807) is 0 Å². The molecule has 4 heteroatoms. The van der Waals surface area contributed by atoms with E-state index in [1.165, 1.54) is 12.0 Å². The molecule has 1 aliphatic rings. The van der Waals surface area contributed by atoms with Crippen LogP contribution in [0.15, 0.2) is 12.4 Å². The Kier molecular flexibility index (Phi) is 6.12. The summed E-state index contributed by atoms with van der Waals surface area (Å²) in [6.45, 7) is 7.67. The van der Waals surface area contributed by atoms with Gasteiger partial charge in [0.2, 0.25) is 0 Å². The lowest BCUT2D eigenvalue weighted by Gasteiger charge is -2.42. The fourth-order valence-corrected chi connectivity index (χ4v) is 3.46. The van der Waals surface area contributed by atoms with Crippen molar-refractivity contribution >= 4 is 0 Å². The van der Waals surface area contributed by atoms with Gasteiger partial charge in [0, 0.05) is 49.5 Å². The number of rotatable bonds is 7. The van der Waals surface area contributed by atoms with Crippen LogP contribution in [0.25, 0.3) is 0 Å². The van der Waals surface area contributed by atoms with E-state index < -0.39 is 0 Å². The van der Waals surface area contributed by atoms with Gasteiger partial charge in [0.05, 0.1) is 0 Å². The molecule has 1 fully saturated rings. The first-order valence-corrected chi connectivity index (χ1v) is 8.34. The van der Waals surface area contributed by atoms with Crippen molar-refractivity contribution in [2.45, 2.75) is 58.9 Å². The zero-order valence-electron chi connectivity index (χ0n) is 13.5. The van der Waals surface area contributed by atoms with Crippen molar-refractivity contribution in [3.8, 4) is 0 Å². The molecule has 1 aromatic rings. The zero-order valence-corrected chi connectivity index (χ0v) is 13.5. The van der Waals surface area contributed by atoms with Crippen LogP contribution in [-0.2, 0) is 13.0 Å². The maximum absolute atomic E-state index is 9.80. The zero-order chi connectivity index (χ0) is 15.1. The molecule has 0 aromatic carbocycles. The summed E-state index contributed by atoms with van der Waals surface area (Å²) in [5.74, 6) is 0.940. The molecule has 1 N–H and O–H groups in total. The first-order chi connectivity index (χ1) is 10.2. The molecule has 0 saturated carbocycles. The Balaban J connectivity index is 1.95. The molecule has 2 rings (SSSR count). The van der Waals surface area contributed by atoms with Crippen molar-refractivity contribution in [2.75, 3.05) is 19.7 Å². The molecule has 0 amide bonds. The van der Waals surface area contributed by atoms with Crippen LogP contribution in [0, 0.1) is 5.41 Å². The second kappa shape index (κ2) is 7.85. The van der Waals surface area contributed by atoms with Gasteiger partial charge in [-0.05, 0) is 32.2 Å². The predicted octanol–water partition coefficient (Wildman–Crippen LogP) is 2.80. The summed E-state index contributed by atoms with van der Waals surface area (Å²) in [5, 5.41) is 9.80. The van der Waals surface area contributed by atoms with Gasteiger partial charge in [-0.15, -0.1) is 0 Å². The van der Waals surface area contributed by atoms with Crippen molar-refractivity contribution in [1.29, 1.82) is 0 Å². The molecule has 1 atom stereocenters. The standard InChI is InChI=1S/C17H29N3O/c1-3-6-16-18-10-15(11-19-16)12-20-9-5-8-17(13-20,14-21)7-4-2/h10-11,21H,3-9,12-14H2,1-2H3/t17-/m0/s1. The third-order valence-corrected chi connectivity index (χ3v) is 4.49. The van der Waals surface area contributed by atoms with E-state index >= 15 is 0 Å². The first kappa shape index (κ1) is 16.4. The lowest BCUT2D eigenvalue weighted by molar-refractivity contribution is 0.0215. The Morgan fingerprint density at radius 1 is 1.24 bits per heavy atom. The van der Waals surface area contributed by atoms with Crippen LogP contribution in [0.5, 0.6) is 0 Å². The highest BCUT2D eigenvalue weighted by Gasteiger charge is 2.33. The average molecular weight is 291 g/mol. The number of aliphatic hydroxyl groups excluding tert-OH is 1. The van der Waals surface area contributed by atoms with Crippen LogP contribution >= 0.6 is 0 Å². The SMILES string of the molecule is CCCc1ncc(CN2CCC[C@@](CO)(CCC)C2)cn1. The fourth-order valence-electron chi connectivity index (χ4n) is 3.46. The normalized spacial score (nSPS) is 23.4. The fraction of sp³-hybridized carbons (Fsp3) is 0.765. The van der Waals surface area contributed by atoms with Gasteiger partial charge < -0.3 is 5.11 Å². The van der Waals surface area contributed by atoms with Crippen LogP contribution < -0.4 is 0 Å². The quantitative estimate of drug-likeness (QED) is 0.839. The van der Waals surface area contributed by atoms with Gasteiger partial charge in [-0.1, -0.05) is 20.3 Å². The van der Waals surface area contributed by atoms with Gasteiger partial charge in [-0.3, -0.25) is 4.90 Å².